The number of quaternary nitrogens is 1. The van der Waals surface area contributed by atoms with E-state index in [0.29, 0.717) is 17.7 Å². The molecule has 2 aromatic heterocycles. The third-order valence-electron chi connectivity index (χ3n) is 6.85. The van der Waals surface area contributed by atoms with Crippen LogP contribution in [0.1, 0.15) is 31.2 Å². The van der Waals surface area contributed by atoms with Crippen molar-refractivity contribution in [2.24, 2.45) is 5.92 Å². The average Bonchev–Trinajstić information content (AvgIpc) is 3.33. The molecule has 0 saturated carbocycles. The third-order valence-corrected chi connectivity index (χ3v) is 8.96. The zero-order chi connectivity index (χ0) is 24.0. The van der Waals surface area contributed by atoms with Gasteiger partial charge in [0.25, 0.3) is 0 Å². The molecule has 1 saturated heterocycles. The van der Waals surface area contributed by atoms with Gasteiger partial charge in [-0.25, -0.2) is 4.39 Å². The number of nitrogens with zero attached hydrogens (tertiary/aromatic N) is 2. The number of halogens is 1. The van der Waals surface area contributed by atoms with E-state index in [0.717, 1.165) is 66.6 Å². The highest BCUT2D eigenvalue weighted by atomic mass is 32.2. The van der Waals surface area contributed by atoms with E-state index in [-0.39, 0.29) is 18.2 Å². The molecule has 4 rings (SSSR count). The van der Waals surface area contributed by atoms with Gasteiger partial charge < -0.3 is 14.3 Å². The summed E-state index contributed by atoms with van der Waals surface area (Å²) >= 11 is 3.64. The van der Waals surface area contributed by atoms with E-state index >= 15 is 0 Å². The maximum atomic E-state index is 14.8. The first-order chi connectivity index (χ1) is 16.5. The molecule has 3 aromatic rings. The fourth-order valence-corrected chi connectivity index (χ4v) is 7.23. The van der Waals surface area contributed by atoms with Crippen LogP contribution in [0, 0.1) is 11.7 Å². The fourth-order valence-electron chi connectivity index (χ4n) is 5.24. The number of aliphatic carboxylic acids is 1. The first-order valence-corrected chi connectivity index (χ1v) is 13.7. The number of fused-ring (bicyclic) bond motifs is 1. The summed E-state index contributed by atoms with van der Waals surface area (Å²) < 4.78 is 22.4. The number of hydrogen-bond acceptors (Lipinski definition) is 5. The Morgan fingerprint density at radius 1 is 1.35 bits per heavy atom. The van der Waals surface area contributed by atoms with Crippen molar-refractivity contribution in [3.8, 4) is 5.75 Å². The quantitative estimate of drug-likeness (QED) is 0.262. The molecule has 8 heteroatoms. The number of benzene rings is 1. The van der Waals surface area contributed by atoms with Crippen LogP contribution in [0.2, 0.25) is 0 Å². The van der Waals surface area contributed by atoms with Crippen molar-refractivity contribution in [3.05, 3.63) is 53.3 Å². The minimum atomic E-state index is -0.711. The average molecular weight is 504 g/mol. The lowest BCUT2D eigenvalue weighted by atomic mass is 9.92. The van der Waals surface area contributed by atoms with Gasteiger partial charge in [0.15, 0.2) is 0 Å². The van der Waals surface area contributed by atoms with Gasteiger partial charge in [0.05, 0.1) is 55.6 Å². The predicted molar refractivity (Wildman–Crippen MR) is 136 cm³/mol. The van der Waals surface area contributed by atoms with Crippen molar-refractivity contribution in [2.75, 3.05) is 39.0 Å². The molecule has 1 N–H and O–H groups in total. The lowest BCUT2D eigenvalue weighted by Crippen LogP contribution is -2.56. The van der Waals surface area contributed by atoms with E-state index < -0.39 is 5.97 Å². The van der Waals surface area contributed by atoms with Crippen LogP contribution in [0.3, 0.4) is 0 Å². The van der Waals surface area contributed by atoms with E-state index in [2.05, 4.69) is 22.5 Å². The van der Waals surface area contributed by atoms with Gasteiger partial charge in [0.2, 0.25) is 0 Å². The third kappa shape index (κ3) is 6.29. The highest BCUT2D eigenvalue weighted by Crippen LogP contribution is 2.31. The predicted octanol–water partition coefficient (Wildman–Crippen LogP) is 5.87. The Hall–Kier alpha value is -2.16. The minimum Gasteiger partial charge on any atom is -0.497 e. The fraction of sp³-hybridized carbons (Fsp3) is 0.462. The molecule has 1 aliphatic heterocycles. The molecule has 0 spiro atoms. The number of carboxylic acids is 1. The molecule has 2 unspecified atom stereocenters. The summed E-state index contributed by atoms with van der Waals surface area (Å²) in [5.41, 5.74) is 1.46. The highest BCUT2D eigenvalue weighted by Gasteiger charge is 2.35. The van der Waals surface area contributed by atoms with Crippen LogP contribution in [-0.4, -0.2) is 59.6 Å². The molecule has 5 nitrogen and oxygen atoms in total. The Balaban J connectivity index is 1.48. The SMILES string of the molecule is COc1ccc2ncc(F)c(CCC[N+]3(CCSc4cccs4)CCCC(CC(=O)O)C3)c2c1. The summed E-state index contributed by atoms with van der Waals surface area (Å²) in [4.78, 5) is 15.6. The molecular formula is C26H32FN2O3S2+. The number of thioether (sulfide) groups is 1. The Bertz CT molecular complexity index is 1110. The van der Waals surface area contributed by atoms with Gasteiger partial charge >= 0.3 is 5.97 Å². The molecule has 182 valence electrons. The number of hydrogen-bond donors (Lipinski definition) is 1. The van der Waals surface area contributed by atoms with Gasteiger partial charge in [-0.3, -0.25) is 9.78 Å². The van der Waals surface area contributed by atoms with Gasteiger partial charge in [0.1, 0.15) is 11.6 Å². The number of pyridine rings is 1. The van der Waals surface area contributed by atoms with E-state index in [1.807, 2.05) is 30.0 Å². The number of piperidine rings is 1. The summed E-state index contributed by atoms with van der Waals surface area (Å²) in [6, 6.07) is 9.80. The van der Waals surface area contributed by atoms with Gasteiger partial charge in [0, 0.05) is 23.5 Å². The summed E-state index contributed by atoms with van der Waals surface area (Å²) in [6.07, 6.45) is 5.05. The largest absolute Gasteiger partial charge is 0.497 e. The Labute approximate surface area is 208 Å². The molecule has 0 bridgehead atoms. The van der Waals surface area contributed by atoms with E-state index in [1.165, 1.54) is 10.4 Å². The topological polar surface area (TPSA) is 59.4 Å². The van der Waals surface area contributed by atoms with E-state index in [1.54, 1.807) is 18.4 Å². The van der Waals surface area contributed by atoms with Gasteiger partial charge in [-0.1, -0.05) is 6.07 Å². The van der Waals surface area contributed by atoms with Crippen molar-refractivity contribution in [3.63, 3.8) is 0 Å². The first-order valence-electron chi connectivity index (χ1n) is 11.8. The van der Waals surface area contributed by atoms with Crippen LogP contribution < -0.4 is 4.74 Å². The second kappa shape index (κ2) is 11.5. The van der Waals surface area contributed by atoms with Crippen molar-refractivity contribution < 1.29 is 23.5 Å². The summed E-state index contributed by atoms with van der Waals surface area (Å²) in [5, 5.41) is 12.3. The number of carbonyl (C=O) groups is 1. The lowest BCUT2D eigenvalue weighted by Gasteiger charge is -2.44. The maximum absolute atomic E-state index is 14.8. The van der Waals surface area contributed by atoms with Crippen LogP contribution in [0.4, 0.5) is 4.39 Å². The zero-order valence-electron chi connectivity index (χ0n) is 19.5. The summed E-state index contributed by atoms with van der Waals surface area (Å²) in [6.45, 7) is 3.89. The second-order valence-corrected chi connectivity index (χ2v) is 11.5. The number of aryl methyl sites for hydroxylation is 1. The van der Waals surface area contributed by atoms with Gasteiger partial charge in [-0.2, -0.15) is 0 Å². The van der Waals surface area contributed by atoms with E-state index in [9.17, 15) is 14.3 Å². The summed E-state index contributed by atoms with van der Waals surface area (Å²) in [7, 11) is 1.61. The molecular weight excluding hydrogens is 471 g/mol. The Morgan fingerprint density at radius 3 is 3.00 bits per heavy atom. The highest BCUT2D eigenvalue weighted by molar-refractivity contribution is 8.01. The van der Waals surface area contributed by atoms with Gasteiger partial charge in [-0.15, -0.1) is 23.1 Å². The number of likely N-dealkylation sites (tertiary alicyclic amines) is 1. The van der Waals surface area contributed by atoms with Crippen LogP contribution in [0.25, 0.3) is 10.9 Å². The van der Waals surface area contributed by atoms with Crippen molar-refractivity contribution in [1.82, 2.24) is 4.98 Å². The Morgan fingerprint density at radius 2 is 2.24 bits per heavy atom. The standard InChI is InChI=1S/C26H31FN2O3S2/c1-32-20-8-9-24-22(16-20)21(23(27)17-28-24)6-3-11-29(12-14-34-26-7-4-13-33-26)10-2-5-19(18-29)15-25(30)31/h4,7-9,13,16-17,19H,2-3,5-6,10-12,14-15,18H2,1H3/p+1. The number of ether oxygens (including phenoxy) is 1. The number of thiophene rings is 1. The van der Waals surface area contributed by atoms with Crippen LogP contribution >= 0.6 is 23.1 Å². The summed E-state index contributed by atoms with van der Waals surface area (Å²) in [5.74, 6) is 0.924. The van der Waals surface area contributed by atoms with Crippen molar-refractivity contribution >= 4 is 40.0 Å². The van der Waals surface area contributed by atoms with Crippen LogP contribution in [-0.2, 0) is 11.2 Å². The van der Waals surface area contributed by atoms with Crippen molar-refractivity contribution in [2.45, 2.75) is 36.3 Å². The molecule has 1 aliphatic rings. The number of rotatable bonds is 11. The molecule has 34 heavy (non-hydrogen) atoms. The van der Waals surface area contributed by atoms with Crippen LogP contribution in [0.5, 0.6) is 5.75 Å². The van der Waals surface area contributed by atoms with E-state index in [4.69, 9.17) is 4.74 Å². The minimum absolute atomic E-state index is 0.209. The molecule has 2 atom stereocenters. The number of aromatic nitrogens is 1. The molecule has 0 aliphatic carbocycles. The van der Waals surface area contributed by atoms with Crippen molar-refractivity contribution in [1.29, 1.82) is 0 Å². The smallest absolute Gasteiger partial charge is 0.303 e. The molecule has 1 aromatic carbocycles. The zero-order valence-corrected chi connectivity index (χ0v) is 21.2. The van der Waals surface area contributed by atoms with Gasteiger partial charge in [-0.05, 0) is 54.5 Å². The monoisotopic (exact) mass is 503 g/mol. The normalized spacial score (nSPS) is 20.5. The number of methoxy groups -OCH3 is 1. The molecule has 0 amide bonds. The second-order valence-electron chi connectivity index (χ2n) is 9.15. The Kier molecular flexibility index (Phi) is 8.45. The first kappa shape index (κ1) is 24.9. The molecule has 0 radical (unpaired) electrons. The number of carboxylic acid groups (broad SMARTS) is 1. The molecule has 3 heterocycles. The molecule has 1 fully saturated rings. The maximum Gasteiger partial charge on any atom is 0.303 e. The van der Waals surface area contributed by atoms with Crippen LogP contribution in [0.15, 0.2) is 46.1 Å². The lowest BCUT2D eigenvalue weighted by molar-refractivity contribution is -0.933.